The van der Waals surface area contributed by atoms with Gasteiger partial charge in [0.2, 0.25) is 0 Å². The van der Waals surface area contributed by atoms with E-state index in [-0.39, 0.29) is 12.9 Å². The lowest BCUT2D eigenvalue weighted by molar-refractivity contribution is -0.122. The number of hydrogen-bond donors (Lipinski definition) is 1. The van der Waals surface area contributed by atoms with E-state index in [0.717, 1.165) is 0 Å². The molecule has 1 atom stereocenters. The molecule has 0 saturated heterocycles. The van der Waals surface area contributed by atoms with Crippen molar-refractivity contribution < 1.29 is 19.3 Å². The summed E-state index contributed by atoms with van der Waals surface area (Å²) in [5.41, 5.74) is 0. The van der Waals surface area contributed by atoms with Gasteiger partial charge in [0, 0.05) is 7.11 Å². The topological polar surface area (TPSA) is 47.9 Å². The first-order valence-electron chi connectivity index (χ1n) is 3.64. The van der Waals surface area contributed by atoms with E-state index >= 15 is 0 Å². The minimum atomic E-state index is -0.187. The fraction of sp³-hybridized carbons (Fsp3) is 1.00. The van der Waals surface area contributed by atoms with Crippen LogP contribution in [0.4, 0.5) is 0 Å². The van der Waals surface area contributed by atoms with Crippen LogP contribution in [0.1, 0.15) is 6.92 Å². The van der Waals surface area contributed by atoms with E-state index in [2.05, 4.69) is 0 Å². The molecule has 0 amide bonds. The van der Waals surface area contributed by atoms with E-state index in [1.807, 2.05) is 6.92 Å². The molecule has 0 radical (unpaired) electrons. The van der Waals surface area contributed by atoms with Crippen LogP contribution in [0, 0.1) is 0 Å². The largest absolute Gasteiger partial charge is 0.394 e. The van der Waals surface area contributed by atoms with Crippen molar-refractivity contribution in [3.63, 3.8) is 0 Å². The molecule has 0 aromatic carbocycles. The summed E-state index contributed by atoms with van der Waals surface area (Å²) in [5, 5.41) is 8.33. The van der Waals surface area contributed by atoms with Gasteiger partial charge in [0.05, 0.1) is 26.4 Å². The molecule has 4 heteroatoms. The van der Waals surface area contributed by atoms with Crippen molar-refractivity contribution in [1.82, 2.24) is 0 Å². The number of methoxy groups -OCH3 is 1. The maximum atomic E-state index is 8.33. The van der Waals surface area contributed by atoms with E-state index in [9.17, 15) is 0 Å². The summed E-state index contributed by atoms with van der Waals surface area (Å²) in [6.07, 6.45) is -0.187. The quantitative estimate of drug-likeness (QED) is 0.425. The van der Waals surface area contributed by atoms with Gasteiger partial charge < -0.3 is 19.3 Å². The van der Waals surface area contributed by atoms with Crippen LogP contribution in [0.5, 0.6) is 0 Å². The zero-order valence-electron chi connectivity index (χ0n) is 7.08. The van der Waals surface area contributed by atoms with Crippen molar-refractivity contribution in [2.24, 2.45) is 0 Å². The van der Waals surface area contributed by atoms with Gasteiger partial charge in [0.25, 0.3) is 0 Å². The zero-order chi connectivity index (χ0) is 8.53. The summed E-state index contributed by atoms with van der Waals surface area (Å²) in [6, 6.07) is 0. The third-order valence-corrected chi connectivity index (χ3v) is 1.15. The Hall–Kier alpha value is -0.160. The Morgan fingerprint density at radius 2 is 2.00 bits per heavy atom. The van der Waals surface area contributed by atoms with Crippen LogP contribution in [0.25, 0.3) is 0 Å². The van der Waals surface area contributed by atoms with Gasteiger partial charge in [-0.1, -0.05) is 0 Å². The molecule has 11 heavy (non-hydrogen) atoms. The summed E-state index contributed by atoms with van der Waals surface area (Å²) < 4.78 is 14.9. The van der Waals surface area contributed by atoms with Crippen LogP contribution >= 0.6 is 0 Å². The molecule has 0 aliphatic carbocycles. The molecule has 0 heterocycles. The van der Waals surface area contributed by atoms with Gasteiger partial charge in [0.15, 0.2) is 6.29 Å². The van der Waals surface area contributed by atoms with E-state index in [0.29, 0.717) is 19.8 Å². The Morgan fingerprint density at radius 1 is 1.27 bits per heavy atom. The first kappa shape index (κ1) is 10.8. The van der Waals surface area contributed by atoms with Crippen LogP contribution in [-0.4, -0.2) is 44.9 Å². The summed E-state index contributed by atoms with van der Waals surface area (Å²) in [4.78, 5) is 0. The molecule has 0 spiro atoms. The first-order valence-corrected chi connectivity index (χ1v) is 3.64. The molecule has 0 aliphatic rings. The maximum absolute atomic E-state index is 8.33. The molecular formula is C7H16O4. The number of hydrogen-bond acceptors (Lipinski definition) is 4. The second kappa shape index (κ2) is 7.94. The molecule has 0 bridgehead atoms. The number of aliphatic hydroxyl groups excluding tert-OH is 1. The predicted octanol–water partition coefficient (Wildman–Crippen LogP) is 0.00430. The second-order valence-corrected chi connectivity index (χ2v) is 2.01. The third-order valence-electron chi connectivity index (χ3n) is 1.15. The standard InChI is InChI=1S/C7H16O4/c1-7(9-2)11-6-5-10-4-3-8/h7-8H,3-6H2,1-2H3. The monoisotopic (exact) mass is 164 g/mol. The Labute approximate surface area is 67.1 Å². The third kappa shape index (κ3) is 7.74. The van der Waals surface area contributed by atoms with Gasteiger partial charge in [-0.2, -0.15) is 0 Å². The van der Waals surface area contributed by atoms with E-state index in [1.54, 1.807) is 7.11 Å². The number of rotatable bonds is 7. The number of ether oxygens (including phenoxy) is 3. The van der Waals surface area contributed by atoms with Crippen molar-refractivity contribution in [2.75, 3.05) is 33.5 Å². The molecule has 4 nitrogen and oxygen atoms in total. The lowest BCUT2D eigenvalue weighted by Gasteiger charge is -2.10. The van der Waals surface area contributed by atoms with Crippen molar-refractivity contribution >= 4 is 0 Å². The molecule has 1 N–H and O–H groups in total. The molecule has 68 valence electrons. The molecule has 1 unspecified atom stereocenters. The van der Waals surface area contributed by atoms with Gasteiger partial charge in [-0.15, -0.1) is 0 Å². The summed E-state index contributed by atoms with van der Waals surface area (Å²) >= 11 is 0. The molecule has 0 aliphatic heterocycles. The van der Waals surface area contributed by atoms with Crippen LogP contribution in [0.2, 0.25) is 0 Å². The van der Waals surface area contributed by atoms with Gasteiger partial charge in [-0.05, 0) is 6.92 Å². The fourth-order valence-corrected chi connectivity index (χ4v) is 0.508. The summed E-state index contributed by atoms with van der Waals surface area (Å²) in [5.74, 6) is 0. The van der Waals surface area contributed by atoms with E-state index in [1.165, 1.54) is 0 Å². The van der Waals surface area contributed by atoms with E-state index in [4.69, 9.17) is 19.3 Å². The smallest absolute Gasteiger partial charge is 0.154 e. The minimum absolute atomic E-state index is 0.0554. The highest BCUT2D eigenvalue weighted by Crippen LogP contribution is 1.89. The number of aliphatic hydroxyl groups is 1. The zero-order valence-corrected chi connectivity index (χ0v) is 7.08. The summed E-state index contributed by atoms with van der Waals surface area (Å²) in [6.45, 7) is 3.22. The van der Waals surface area contributed by atoms with Gasteiger partial charge >= 0.3 is 0 Å². The van der Waals surface area contributed by atoms with Gasteiger partial charge in [-0.25, -0.2) is 0 Å². The molecular weight excluding hydrogens is 148 g/mol. The average Bonchev–Trinajstić information content (AvgIpc) is 2.04. The fourth-order valence-electron chi connectivity index (χ4n) is 0.508. The molecule has 0 aromatic rings. The Balaban J connectivity index is 2.89. The molecule has 0 saturated carbocycles. The molecule has 0 fully saturated rings. The minimum Gasteiger partial charge on any atom is -0.394 e. The summed E-state index contributed by atoms with van der Waals surface area (Å²) in [7, 11) is 1.58. The Bertz CT molecular complexity index is 76.8. The molecule has 0 rings (SSSR count). The lowest BCUT2D eigenvalue weighted by atomic mass is 10.7. The predicted molar refractivity (Wildman–Crippen MR) is 40.3 cm³/mol. The van der Waals surface area contributed by atoms with Crippen molar-refractivity contribution in [2.45, 2.75) is 13.2 Å². The van der Waals surface area contributed by atoms with Crippen LogP contribution in [-0.2, 0) is 14.2 Å². The highest BCUT2D eigenvalue weighted by molar-refractivity contribution is 4.32. The highest BCUT2D eigenvalue weighted by atomic mass is 16.7. The van der Waals surface area contributed by atoms with Crippen LogP contribution in [0.3, 0.4) is 0 Å². The lowest BCUT2D eigenvalue weighted by Crippen LogP contribution is -2.15. The van der Waals surface area contributed by atoms with Crippen LogP contribution in [0.15, 0.2) is 0 Å². The average molecular weight is 164 g/mol. The second-order valence-electron chi connectivity index (χ2n) is 2.01. The van der Waals surface area contributed by atoms with E-state index < -0.39 is 0 Å². The maximum Gasteiger partial charge on any atom is 0.154 e. The van der Waals surface area contributed by atoms with Crippen molar-refractivity contribution in [3.8, 4) is 0 Å². The van der Waals surface area contributed by atoms with Crippen LogP contribution < -0.4 is 0 Å². The molecule has 0 aromatic heterocycles. The van der Waals surface area contributed by atoms with Crippen molar-refractivity contribution in [1.29, 1.82) is 0 Å². The SMILES string of the molecule is COC(C)OCCOCCO. The van der Waals surface area contributed by atoms with Gasteiger partial charge in [-0.3, -0.25) is 0 Å². The Morgan fingerprint density at radius 3 is 2.55 bits per heavy atom. The van der Waals surface area contributed by atoms with Crippen molar-refractivity contribution in [3.05, 3.63) is 0 Å². The highest BCUT2D eigenvalue weighted by Gasteiger charge is 1.96. The Kier molecular flexibility index (Phi) is 7.83. The first-order chi connectivity index (χ1) is 5.31. The normalized spacial score (nSPS) is 13.4. The van der Waals surface area contributed by atoms with Gasteiger partial charge in [0.1, 0.15) is 0 Å².